The van der Waals surface area contributed by atoms with E-state index < -0.39 is 0 Å². The third-order valence-electron chi connectivity index (χ3n) is 5.23. The lowest BCUT2D eigenvalue weighted by Gasteiger charge is -2.20. The Morgan fingerprint density at radius 1 is 1.11 bits per heavy atom. The molecule has 1 saturated carbocycles. The van der Waals surface area contributed by atoms with E-state index >= 15 is 0 Å². The summed E-state index contributed by atoms with van der Waals surface area (Å²) in [4.78, 5) is 21.7. The zero-order valence-corrected chi connectivity index (χ0v) is 20.0. The van der Waals surface area contributed by atoms with Gasteiger partial charge in [-0.3, -0.25) is 9.89 Å². The van der Waals surface area contributed by atoms with E-state index in [-0.39, 0.29) is 18.1 Å². The number of anilines is 2. The molecule has 9 heteroatoms. The van der Waals surface area contributed by atoms with Crippen molar-refractivity contribution in [2.24, 2.45) is 0 Å². The van der Waals surface area contributed by atoms with Crippen LogP contribution in [0.4, 0.5) is 11.5 Å². The number of aromatic nitrogens is 4. The number of amides is 1. The molecule has 2 aromatic heterocycles. The summed E-state index contributed by atoms with van der Waals surface area (Å²) in [5.74, 6) is 2.36. The van der Waals surface area contributed by atoms with Gasteiger partial charge in [-0.15, -0.1) is 0 Å². The molecule has 180 valence electrons. The minimum Gasteiger partial charge on any atom is -0.490 e. The maximum Gasteiger partial charge on any atom is 0.258 e. The molecule has 5 rings (SSSR count). The topological polar surface area (TPSA) is 114 Å². The number of aromatic amines is 1. The number of carbonyl (C=O) groups is 1. The Bertz CT molecular complexity index is 1340. The second kappa shape index (κ2) is 9.25. The van der Waals surface area contributed by atoms with E-state index in [4.69, 9.17) is 19.4 Å². The molecule has 35 heavy (non-hydrogen) atoms. The van der Waals surface area contributed by atoms with Gasteiger partial charge in [-0.1, -0.05) is 12.1 Å². The fourth-order valence-corrected chi connectivity index (χ4v) is 3.57. The fourth-order valence-electron chi connectivity index (χ4n) is 3.57. The number of rotatable bonds is 8. The SMILES string of the molecule is CC(C)(C)NC(=O)COc1cccc(-c2nc(Nc3cn[nH]c3)c3cc(OC4CC4)ccc3n2)c1. The Morgan fingerprint density at radius 2 is 1.97 bits per heavy atom. The van der Waals surface area contributed by atoms with Crippen LogP contribution in [0.25, 0.3) is 22.3 Å². The predicted molar refractivity (Wildman–Crippen MR) is 134 cm³/mol. The monoisotopic (exact) mass is 472 g/mol. The largest absolute Gasteiger partial charge is 0.490 e. The average molecular weight is 473 g/mol. The van der Waals surface area contributed by atoms with Crippen LogP contribution in [0.15, 0.2) is 54.9 Å². The number of hydrogen-bond donors (Lipinski definition) is 3. The standard InChI is InChI=1S/C26H28N6O3/c1-26(2,3)32-23(33)15-34-19-6-4-5-16(11-19)24-30-22-10-9-20(35-18-7-8-18)12-21(22)25(31-24)29-17-13-27-28-14-17/h4-6,9-14,18H,7-8,15H2,1-3H3,(H,27,28)(H,32,33)(H,29,30,31). The molecule has 2 heterocycles. The van der Waals surface area contributed by atoms with Gasteiger partial charge in [0.1, 0.15) is 17.3 Å². The minimum absolute atomic E-state index is 0.0730. The van der Waals surface area contributed by atoms with Crippen LogP contribution >= 0.6 is 0 Å². The molecule has 0 radical (unpaired) electrons. The van der Waals surface area contributed by atoms with E-state index in [9.17, 15) is 4.79 Å². The first-order chi connectivity index (χ1) is 16.8. The summed E-state index contributed by atoms with van der Waals surface area (Å²) in [5, 5.41) is 13.9. The molecule has 1 aliphatic carbocycles. The molecule has 4 aromatic rings. The lowest BCUT2D eigenvalue weighted by Crippen LogP contribution is -2.43. The van der Waals surface area contributed by atoms with Crippen LogP contribution in [0, 0.1) is 0 Å². The first-order valence-electron chi connectivity index (χ1n) is 11.6. The van der Waals surface area contributed by atoms with Gasteiger partial charge in [-0.25, -0.2) is 9.97 Å². The molecule has 0 aliphatic heterocycles. The van der Waals surface area contributed by atoms with Crippen molar-refractivity contribution in [1.82, 2.24) is 25.5 Å². The van der Waals surface area contributed by atoms with Crippen LogP contribution in [0.2, 0.25) is 0 Å². The second-order valence-electron chi connectivity index (χ2n) is 9.62. The van der Waals surface area contributed by atoms with E-state index in [1.807, 2.05) is 57.2 Å². The molecule has 0 spiro atoms. The minimum atomic E-state index is -0.316. The Morgan fingerprint density at radius 3 is 2.71 bits per heavy atom. The zero-order chi connectivity index (χ0) is 24.4. The lowest BCUT2D eigenvalue weighted by molar-refractivity contribution is -0.124. The Kier molecular flexibility index (Phi) is 5.98. The molecule has 1 fully saturated rings. The predicted octanol–water partition coefficient (Wildman–Crippen LogP) is 4.60. The highest BCUT2D eigenvalue weighted by atomic mass is 16.5. The summed E-state index contributed by atoms with van der Waals surface area (Å²) < 4.78 is 11.7. The van der Waals surface area contributed by atoms with Gasteiger partial charge in [-0.05, 0) is 63.9 Å². The van der Waals surface area contributed by atoms with Crippen LogP contribution in [0.1, 0.15) is 33.6 Å². The Balaban J connectivity index is 1.44. The van der Waals surface area contributed by atoms with Crippen LogP contribution < -0.4 is 20.1 Å². The summed E-state index contributed by atoms with van der Waals surface area (Å²) in [7, 11) is 0. The number of carbonyl (C=O) groups excluding carboxylic acids is 1. The van der Waals surface area contributed by atoms with Crippen molar-refractivity contribution < 1.29 is 14.3 Å². The molecular weight excluding hydrogens is 444 g/mol. The second-order valence-corrected chi connectivity index (χ2v) is 9.62. The number of fused-ring (bicyclic) bond motifs is 1. The molecule has 0 unspecified atom stereocenters. The van der Waals surface area contributed by atoms with Gasteiger partial charge in [0, 0.05) is 22.7 Å². The first-order valence-corrected chi connectivity index (χ1v) is 11.6. The highest BCUT2D eigenvalue weighted by molar-refractivity contribution is 5.93. The van der Waals surface area contributed by atoms with Gasteiger partial charge < -0.3 is 20.1 Å². The maximum atomic E-state index is 12.1. The van der Waals surface area contributed by atoms with E-state index in [1.165, 1.54) is 0 Å². The first kappa shape index (κ1) is 22.6. The van der Waals surface area contributed by atoms with E-state index in [0.29, 0.717) is 23.5 Å². The number of ether oxygens (including phenoxy) is 2. The summed E-state index contributed by atoms with van der Waals surface area (Å²) in [6.45, 7) is 5.71. The normalized spacial score (nSPS) is 13.5. The number of benzene rings is 2. The third-order valence-corrected chi connectivity index (χ3v) is 5.23. The molecule has 1 amide bonds. The van der Waals surface area contributed by atoms with Gasteiger partial charge in [0.05, 0.1) is 23.5 Å². The van der Waals surface area contributed by atoms with Gasteiger partial charge in [0.15, 0.2) is 12.4 Å². The molecule has 2 aromatic carbocycles. The molecule has 0 bridgehead atoms. The summed E-state index contributed by atoms with van der Waals surface area (Å²) >= 11 is 0. The highest BCUT2D eigenvalue weighted by Crippen LogP contribution is 2.33. The van der Waals surface area contributed by atoms with E-state index in [1.54, 1.807) is 18.5 Å². The van der Waals surface area contributed by atoms with Crippen molar-refractivity contribution in [2.75, 3.05) is 11.9 Å². The van der Waals surface area contributed by atoms with Crippen LogP contribution in [-0.2, 0) is 4.79 Å². The van der Waals surface area contributed by atoms with Crippen molar-refractivity contribution in [1.29, 1.82) is 0 Å². The smallest absolute Gasteiger partial charge is 0.258 e. The molecule has 0 atom stereocenters. The van der Waals surface area contributed by atoms with Crippen molar-refractivity contribution in [3.63, 3.8) is 0 Å². The molecule has 9 nitrogen and oxygen atoms in total. The highest BCUT2D eigenvalue weighted by Gasteiger charge is 2.24. The van der Waals surface area contributed by atoms with Crippen LogP contribution in [0.3, 0.4) is 0 Å². The number of nitrogens with zero attached hydrogens (tertiary/aromatic N) is 3. The number of H-pyrrole nitrogens is 1. The van der Waals surface area contributed by atoms with E-state index in [0.717, 1.165) is 40.7 Å². The van der Waals surface area contributed by atoms with Gasteiger partial charge in [0.2, 0.25) is 0 Å². The molecule has 3 N–H and O–H groups in total. The fraction of sp³-hybridized carbons (Fsp3) is 0.308. The maximum absolute atomic E-state index is 12.1. The number of hydrogen-bond acceptors (Lipinski definition) is 7. The van der Waals surface area contributed by atoms with Crippen LogP contribution in [-0.4, -0.2) is 44.3 Å². The summed E-state index contributed by atoms with van der Waals surface area (Å²) in [6.07, 6.45) is 5.92. The molecular formula is C26H28N6O3. The lowest BCUT2D eigenvalue weighted by atomic mass is 10.1. The average Bonchev–Trinajstić information content (AvgIpc) is 3.48. The van der Waals surface area contributed by atoms with Crippen molar-refractivity contribution in [3.8, 4) is 22.9 Å². The van der Waals surface area contributed by atoms with Gasteiger partial charge in [-0.2, -0.15) is 5.10 Å². The van der Waals surface area contributed by atoms with E-state index in [2.05, 4.69) is 20.8 Å². The molecule has 1 aliphatic rings. The van der Waals surface area contributed by atoms with Crippen LogP contribution in [0.5, 0.6) is 11.5 Å². The van der Waals surface area contributed by atoms with Gasteiger partial charge in [0.25, 0.3) is 5.91 Å². The van der Waals surface area contributed by atoms with Crippen molar-refractivity contribution in [3.05, 3.63) is 54.9 Å². The summed E-state index contributed by atoms with van der Waals surface area (Å²) in [6, 6.07) is 13.2. The number of nitrogens with one attached hydrogen (secondary N) is 3. The zero-order valence-electron chi connectivity index (χ0n) is 20.0. The molecule has 0 saturated heterocycles. The third kappa shape index (κ3) is 5.87. The Labute approximate surface area is 203 Å². The van der Waals surface area contributed by atoms with Gasteiger partial charge >= 0.3 is 0 Å². The Hall–Kier alpha value is -4.14. The summed E-state index contributed by atoms with van der Waals surface area (Å²) in [5.41, 5.74) is 2.02. The quantitative estimate of drug-likeness (QED) is 0.343. The van der Waals surface area contributed by atoms with Crippen molar-refractivity contribution in [2.45, 2.75) is 45.3 Å². The van der Waals surface area contributed by atoms with Crippen molar-refractivity contribution >= 4 is 28.3 Å².